The highest BCUT2D eigenvalue weighted by atomic mass is 35.5. The van der Waals surface area contributed by atoms with E-state index in [-0.39, 0.29) is 5.41 Å². The number of carbonyl (C=O) groups is 2. The number of carbonyl (C=O) groups excluding carboxylic acids is 1. The number of hydrogen-bond donors (Lipinski definition) is 2. The van der Waals surface area contributed by atoms with E-state index in [9.17, 15) is 22.8 Å². The lowest BCUT2D eigenvalue weighted by Gasteiger charge is -2.27. The van der Waals surface area contributed by atoms with Gasteiger partial charge in [0.15, 0.2) is 0 Å². The van der Waals surface area contributed by atoms with Crippen LogP contribution in [-0.2, 0) is 19.8 Å². The van der Waals surface area contributed by atoms with E-state index in [0.29, 0.717) is 45.5 Å². The van der Waals surface area contributed by atoms with Gasteiger partial charge in [0, 0.05) is 40.4 Å². The fourth-order valence-corrected chi connectivity index (χ4v) is 5.27. The van der Waals surface area contributed by atoms with Crippen molar-refractivity contribution in [1.82, 2.24) is 0 Å². The monoisotopic (exact) mass is 617 g/mol. The van der Waals surface area contributed by atoms with E-state index in [1.54, 1.807) is 55.5 Å². The summed E-state index contributed by atoms with van der Waals surface area (Å²) < 4.78 is 48.7. The van der Waals surface area contributed by atoms with Crippen molar-refractivity contribution < 1.29 is 42.2 Å². The predicted molar refractivity (Wildman–Crippen MR) is 153 cm³/mol. The normalized spacial score (nSPS) is 16.0. The Morgan fingerprint density at radius 1 is 1.09 bits per heavy atom. The maximum Gasteiger partial charge on any atom is 0.573 e. The number of nitrogens with one attached hydrogen (secondary N) is 1. The molecule has 2 N–H and O–H groups in total. The minimum atomic E-state index is -4.88. The molecule has 5 rings (SSSR count). The third-order valence-corrected chi connectivity index (χ3v) is 7.61. The molecule has 1 unspecified atom stereocenters. The van der Waals surface area contributed by atoms with Crippen molar-refractivity contribution in [3.05, 3.63) is 82.4 Å². The third-order valence-electron chi connectivity index (χ3n) is 7.36. The quantitative estimate of drug-likeness (QED) is 0.203. The summed E-state index contributed by atoms with van der Waals surface area (Å²) in [5.41, 5.74) is 2.79. The van der Waals surface area contributed by atoms with Crippen molar-refractivity contribution >= 4 is 40.6 Å². The first kappa shape index (κ1) is 30.0. The molecule has 1 heterocycles. The second-order valence-electron chi connectivity index (χ2n) is 10.4. The number of fused-ring (bicyclic) bond motifs is 2. The largest absolute Gasteiger partial charge is 0.573 e. The maximum atomic E-state index is 14.3. The fourth-order valence-electron chi connectivity index (χ4n) is 5.14. The average molecular weight is 618 g/mol. The molecule has 9 nitrogen and oxygen atoms in total. The minimum Gasteiger partial charge on any atom is -0.497 e. The van der Waals surface area contributed by atoms with Crippen molar-refractivity contribution in [3.63, 3.8) is 0 Å². The standard InChI is InChI=1S/C30H27ClF3N3O6/c1-17(36-42-15-26(38)39)19-11-21(13-23(12-19)41-2)35-27(18-3-5-20(31)6-4-18)28(40)37-16-29(9-10-29)24-8-7-22(14-25(24)37)43-30(32,33)34/h3-8,11-14,27,35H,9-10,15-16H2,1-2H3,(H,38,39)/b36-17+. The van der Waals surface area contributed by atoms with E-state index < -0.39 is 36.6 Å². The molecule has 1 fully saturated rings. The van der Waals surface area contributed by atoms with E-state index in [4.69, 9.17) is 26.3 Å². The van der Waals surface area contributed by atoms with Gasteiger partial charge in [0.05, 0.1) is 18.5 Å². The summed E-state index contributed by atoms with van der Waals surface area (Å²) in [4.78, 5) is 31.5. The molecule has 1 saturated carbocycles. The number of oxime groups is 1. The molecule has 43 heavy (non-hydrogen) atoms. The number of rotatable bonds is 10. The van der Waals surface area contributed by atoms with E-state index in [0.717, 1.165) is 18.4 Å². The van der Waals surface area contributed by atoms with Gasteiger partial charge in [-0.15, -0.1) is 13.2 Å². The molecule has 3 aromatic carbocycles. The number of alkyl halides is 3. The van der Waals surface area contributed by atoms with Gasteiger partial charge in [0.1, 0.15) is 17.5 Å². The highest BCUT2D eigenvalue weighted by Crippen LogP contribution is 2.57. The van der Waals surface area contributed by atoms with Gasteiger partial charge < -0.3 is 29.6 Å². The summed E-state index contributed by atoms with van der Waals surface area (Å²) >= 11 is 6.12. The Kier molecular flexibility index (Phi) is 8.15. The molecule has 1 atom stereocenters. The molecule has 3 aromatic rings. The number of carboxylic acid groups (broad SMARTS) is 1. The fraction of sp³-hybridized carbons (Fsp3) is 0.300. The molecule has 226 valence electrons. The average Bonchev–Trinajstić information content (AvgIpc) is 3.66. The van der Waals surface area contributed by atoms with Crippen LogP contribution in [0.5, 0.6) is 11.5 Å². The van der Waals surface area contributed by atoms with Crippen molar-refractivity contribution in [2.45, 2.75) is 37.6 Å². The maximum absolute atomic E-state index is 14.3. The topological polar surface area (TPSA) is 110 Å². The number of methoxy groups -OCH3 is 1. The molecular formula is C30H27ClF3N3O6. The predicted octanol–water partition coefficient (Wildman–Crippen LogP) is 6.30. The third kappa shape index (κ3) is 6.80. The number of amides is 1. The van der Waals surface area contributed by atoms with Gasteiger partial charge in [-0.1, -0.05) is 35.0 Å². The van der Waals surface area contributed by atoms with Crippen LogP contribution in [0.4, 0.5) is 24.5 Å². The Balaban J connectivity index is 1.51. The molecule has 0 radical (unpaired) electrons. The highest BCUT2D eigenvalue weighted by Gasteiger charge is 2.54. The molecule has 0 aromatic heterocycles. The number of halogens is 4. The molecule has 0 saturated heterocycles. The Morgan fingerprint density at radius 3 is 2.44 bits per heavy atom. The first-order valence-electron chi connectivity index (χ1n) is 13.2. The molecule has 1 aliphatic heterocycles. The number of hydrogen-bond acceptors (Lipinski definition) is 7. The van der Waals surface area contributed by atoms with E-state index in [2.05, 4.69) is 15.2 Å². The zero-order valence-corrected chi connectivity index (χ0v) is 23.8. The summed E-state index contributed by atoms with van der Waals surface area (Å²) in [5, 5.41) is 16.4. The van der Waals surface area contributed by atoms with Crippen LogP contribution in [0.25, 0.3) is 0 Å². The Bertz CT molecular complexity index is 1570. The van der Waals surface area contributed by atoms with Gasteiger partial charge in [-0.05, 0) is 61.2 Å². The number of ether oxygens (including phenoxy) is 2. The number of anilines is 2. The Hall–Kier alpha value is -4.45. The molecule has 1 aliphatic carbocycles. The van der Waals surface area contributed by atoms with E-state index in [1.165, 1.54) is 24.1 Å². The minimum absolute atomic E-state index is 0.307. The Labute approximate surface area is 249 Å². The van der Waals surface area contributed by atoms with Gasteiger partial charge in [0.2, 0.25) is 6.61 Å². The van der Waals surface area contributed by atoms with Crippen LogP contribution in [0.1, 0.15) is 42.5 Å². The van der Waals surface area contributed by atoms with Crippen LogP contribution in [0.15, 0.2) is 65.8 Å². The van der Waals surface area contributed by atoms with E-state index >= 15 is 0 Å². The zero-order chi connectivity index (χ0) is 30.9. The number of benzene rings is 3. The molecule has 13 heteroatoms. The van der Waals surface area contributed by atoms with Crippen molar-refractivity contribution in [3.8, 4) is 11.5 Å². The summed E-state index contributed by atoms with van der Waals surface area (Å²) in [7, 11) is 1.47. The zero-order valence-electron chi connectivity index (χ0n) is 23.1. The lowest BCUT2D eigenvalue weighted by Crippen LogP contribution is -2.38. The van der Waals surface area contributed by atoms with Crippen molar-refractivity contribution in [2.24, 2.45) is 5.16 Å². The summed E-state index contributed by atoms with van der Waals surface area (Å²) in [6.45, 7) is 1.33. The van der Waals surface area contributed by atoms with Crippen LogP contribution in [-0.4, -0.2) is 49.3 Å². The van der Waals surface area contributed by atoms with Gasteiger partial charge >= 0.3 is 12.3 Å². The lowest BCUT2D eigenvalue weighted by atomic mass is 9.99. The van der Waals surface area contributed by atoms with Crippen molar-refractivity contribution in [1.29, 1.82) is 0 Å². The highest BCUT2D eigenvalue weighted by molar-refractivity contribution is 6.30. The molecular weight excluding hydrogens is 591 g/mol. The number of carboxylic acids is 1. The first-order valence-corrected chi connectivity index (χ1v) is 13.6. The number of nitrogens with zero attached hydrogens (tertiary/aromatic N) is 2. The van der Waals surface area contributed by atoms with Gasteiger partial charge in [-0.3, -0.25) is 4.79 Å². The second kappa shape index (κ2) is 11.7. The van der Waals surface area contributed by atoms with Crippen LogP contribution < -0.4 is 19.7 Å². The van der Waals surface area contributed by atoms with Crippen LogP contribution in [0, 0.1) is 0 Å². The SMILES string of the molecule is COc1cc(NC(C(=O)N2CC3(CC3)c3ccc(OC(F)(F)F)cc32)c2ccc(Cl)cc2)cc(/C(C)=N/OCC(=O)O)c1. The van der Waals surface area contributed by atoms with Gasteiger partial charge in [-0.25, -0.2) is 4.79 Å². The Morgan fingerprint density at radius 2 is 1.81 bits per heavy atom. The summed E-state index contributed by atoms with van der Waals surface area (Å²) in [6.07, 6.45) is -3.26. The summed E-state index contributed by atoms with van der Waals surface area (Å²) in [5.74, 6) is -1.55. The van der Waals surface area contributed by atoms with Crippen LogP contribution in [0.3, 0.4) is 0 Å². The van der Waals surface area contributed by atoms with Crippen LogP contribution >= 0.6 is 11.6 Å². The van der Waals surface area contributed by atoms with Crippen LogP contribution in [0.2, 0.25) is 5.02 Å². The second-order valence-corrected chi connectivity index (χ2v) is 10.8. The van der Waals surface area contributed by atoms with Crippen molar-refractivity contribution in [2.75, 3.05) is 30.5 Å². The molecule has 2 aliphatic rings. The van der Waals surface area contributed by atoms with E-state index in [1.807, 2.05) is 0 Å². The van der Waals surface area contributed by atoms with Gasteiger partial charge in [-0.2, -0.15) is 0 Å². The molecule has 1 amide bonds. The molecule has 1 spiro atoms. The smallest absolute Gasteiger partial charge is 0.497 e. The van der Waals surface area contributed by atoms with Gasteiger partial charge in [0.25, 0.3) is 5.91 Å². The number of aliphatic carboxylic acids is 1. The first-order chi connectivity index (χ1) is 20.4. The lowest BCUT2D eigenvalue weighted by molar-refractivity contribution is -0.274. The molecule has 0 bridgehead atoms. The summed E-state index contributed by atoms with van der Waals surface area (Å²) in [6, 6.07) is 14.9.